The van der Waals surface area contributed by atoms with Crippen LogP contribution in [0.1, 0.15) is 208 Å². The monoisotopic (exact) mass is 863 g/mol. The molecule has 3 saturated carbocycles. The smallest absolute Gasteiger partial charge is 0.407 e. The van der Waals surface area contributed by atoms with E-state index in [0.717, 1.165) is 93.9 Å². The molecule has 0 aromatic heterocycles. The fourth-order valence-electron chi connectivity index (χ4n) is 13.3. The topological polar surface area (TPSA) is 60.0 Å². The van der Waals surface area contributed by atoms with Crippen molar-refractivity contribution in [2.24, 2.45) is 46.3 Å². The number of unbranched alkanes of at least 4 members (excludes halogenated alkanes) is 9. The maximum absolute atomic E-state index is 13.1. The lowest BCUT2D eigenvalue weighted by Crippen LogP contribution is -2.51. The Kier molecular flexibility index (Phi) is 23.0. The van der Waals surface area contributed by atoms with Crippen LogP contribution in [-0.4, -0.2) is 69.2 Å². The molecule has 0 spiro atoms. The van der Waals surface area contributed by atoms with Gasteiger partial charge < -0.3 is 24.4 Å². The van der Waals surface area contributed by atoms with Gasteiger partial charge in [0.2, 0.25) is 0 Å². The van der Waals surface area contributed by atoms with E-state index in [0.29, 0.717) is 25.2 Å². The highest BCUT2D eigenvalue weighted by atomic mass is 16.6. The Bertz CT molecular complexity index is 1340. The molecule has 4 fully saturated rings. The standard InChI is InChI=1S/C56H98N2O4/c1-7-8-9-10-11-12-13-14-15-16-17-18-19-20-21-25-40-60-44-49(43-58-38-23-22-24-39-58)61-41-37-57-54(59)62-48-33-35-55(5)47(42-48)29-30-50-52-32-31-51(46(4)28-26-27-45(2)3)56(52,6)36-34-53(50)55/h11-12,14-15,29,45-46,48-53H,7-10,13,16-28,30-44H2,1-6H3,(H,57,59)/b12-11-,15-14-/t46-,48+,49?,50+,51-,52+,53+,55+,56-/m1/s1. The lowest BCUT2D eigenvalue weighted by atomic mass is 9.47. The molecule has 356 valence electrons. The van der Waals surface area contributed by atoms with Crippen molar-refractivity contribution in [1.29, 1.82) is 0 Å². The minimum absolute atomic E-state index is 0.0250. The molecule has 0 aromatic rings. The normalized spacial score (nSPS) is 30.0. The van der Waals surface area contributed by atoms with E-state index in [2.05, 4.69) is 82.1 Å². The summed E-state index contributed by atoms with van der Waals surface area (Å²) in [6, 6.07) is 0. The van der Waals surface area contributed by atoms with Crippen molar-refractivity contribution >= 4 is 6.09 Å². The molecule has 1 amide bonds. The zero-order chi connectivity index (χ0) is 44.0. The second kappa shape index (κ2) is 27.8. The third-order valence-corrected chi connectivity index (χ3v) is 17.0. The fourth-order valence-corrected chi connectivity index (χ4v) is 13.3. The molecule has 0 bridgehead atoms. The van der Waals surface area contributed by atoms with E-state index < -0.39 is 0 Å². The number of fused-ring (bicyclic) bond motifs is 5. The van der Waals surface area contributed by atoms with E-state index in [1.165, 1.54) is 135 Å². The molecule has 4 aliphatic carbocycles. The summed E-state index contributed by atoms with van der Waals surface area (Å²) in [5.74, 6) is 5.07. The summed E-state index contributed by atoms with van der Waals surface area (Å²) < 4.78 is 18.7. The zero-order valence-corrected chi connectivity index (χ0v) is 41.4. The van der Waals surface area contributed by atoms with Gasteiger partial charge in [-0.1, -0.05) is 142 Å². The number of likely N-dealkylation sites (tertiary alicyclic amines) is 1. The minimum atomic E-state index is -0.286. The number of hydrogen-bond acceptors (Lipinski definition) is 5. The van der Waals surface area contributed by atoms with Crippen LogP contribution in [0.15, 0.2) is 36.0 Å². The lowest BCUT2D eigenvalue weighted by molar-refractivity contribution is -0.0583. The van der Waals surface area contributed by atoms with Crippen LogP contribution in [0.4, 0.5) is 4.79 Å². The lowest BCUT2D eigenvalue weighted by Gasteiger charge is -2.58. The van der Waals surface area contributed by atoms with Gasteiger partial charge >= 0.3 is 6.09 Å². The number of carbonyl (C=O) groups is 1. The number of piperidine rings is 1. The molecule has 0 radical (unpaired) electrons. The van der Waals surface area contributed by atoms with Crippen molar-refractivity contribution in [3.63, 3.8) is 0 Å². The second-order valence-corrected chi connectivity index (χ2v) is 22.0. The van der Waals surface area contributed by atoms with E-state index >= 15 is 0 Å². The van der Waals surface area contributed by atoms with Gasteiger partial charge in [0, 0.05) is 26.1 Å². The Morgan fingerprint density at radius 3 is 2.32 bits per heavy atom. The summed E-state index contributed by atoms with van der Waals surface area (Å²) in [7, 11) is 0. The van der Waals surface area contributed by atoms with Crippen LogP contribution in [0.25, 0.3) is 0 Å². The predicted octanol–water partition coefficient (Wildman–Crippen LogP) is 14.8. The van der Waals surface area contributed by atoms with Crippen LogP contribution in [0.5, 0.6) is 0 Å². The first-order valence-electron chi connectivity index (χ1n) is 27.0. The van der Waals surface area contributed by atoms with Crippen LogP contribution in [0.2, 0.25) is 0 Å². The number of nitrogens with zero attached hydrogens (tertiary/aromatic N) is 1. The summed E-state index contributed by atoms with van der Waals surface area (Å²) in [4.78, 5) is 15.6. The number of ether oxygens (including phenoxy) is 3. The molecule has 5 aliphatic rings. The van der Waals surface area contributed by atoms with Gasteiger partial charge in [-0.15, -0.1) is 0 Å². The first-order chi connectivity index (χ1) is 30.1. The predicted molar refractivity (Wildman–Crippen MR) is 262 cm³/mol. The van der Waals surface area contributed by atoms with Gasteiger partial charge in [0.25, 0.3) is 0 Å². The van der Waals surface area contributed by atoms with Crippen molar-refractivity contribution in [3.05, 3.63) is 36.0 Å². The van der Waals surface area contributed by atoms with Gasteiger partial charge in [-0.05, 0) is 156 Å². The average Bonchev–Trinajstić information content (AvgIpc) is 3.62. The van der Waals surface area contributed by atoms with Crippen molar-refractivity contribution in [3.8, 4) is 0 Å². The highest BCUT2D eigenvalue weighted by Gasteiger charge is 2.59. The molecule has 1 unspecified atom stereocenters. The minimum Gasteiger partial charge on any atom is -0.446 e. The van der Waals surface area contributed by atoms with Gasteiger partial charge in [0.1, 0.15) is 6.10 Å². The van der Waals surface area contributed by atoms with Gasteiger partial charge in [-0.3, -0.25) is 0 Å². The number of hydrogen-bond donors (Lipinski definition) is 1. The van der Waals surface area contributed by atoms with Gasteiger partial charge in [0.15, 0.2) is 0 Å². The molecule has 0 aromatic carbocycles. The van der Waals surface area contributed by atoms with E-state index in [9.17, 15) is 4.79 Å². The van der Waals surface area contributed by atoms with Crippen LogP contribution in [0.3, 0.4) is 0 Å². The first kappa shape index (κ1) is 51.4. The van der Waals surface area contributed by atoms with Crippen LogP contribution in [-0.2, 0) is 14.2 Å². The quantitative estimate of drug-likeness (QED) is 0.0600. The highest BCUT2D eigenvalue weighted by molar-refractivity contribution is 5.67. The third-order valence-electron chi connectivity index (χ3n) is 17.0. The van der Waals surface area contributed by atoms with Crippen LogP contribution in [0, 0.1) is 46.3 Å². The number of alkyl carbamates (subject to hydrolysis) is 1. The number of rotatable bonds is 29. The van der Waals surface area contributed by atoms with E-state index in [1.807, 2.05) is 0 Å². The summed E-state index contributed by atoms with van der Waals surface area (Å²) >= 11 is 0. The van der Waals surface area contributed by atoms with Gasteiger partial charge in [-0.25, -0.2) is 4.79 Å². The SMILES string of the molecule is CCCCC/C=C\C/C=C\CCCCCCCCOCC(CN1CCCCC1)OCCNC(=O)O[C@H]1CC[C@@]2(C)C(=CC[C@H]3[C@@H]4CC[C@H]([C@H](C)CCCC(C)C)[C@@]4(C)CC[C@@H]32)C1. The number of amides is 1. The highest BCUT2D eigenvalue weighted by Crippen LogP contribution is 2.67. The van der Waals surface area contributed by atoms with Crippen molar-refractivity contribution in [1.82, 2.24) is 10.2 Å². The Labute approximate surface area is 383 Å². The summed E-state index contributed by atoms with van der Waals surface area (Å²) in [6.45, 7) is 20.4. The molecule has 5 rings (SSSR count). The van der Waals surface area contributed by atoms with Crippen LogP contribution < -0.4 is 5.32 Å². The molecular weight excluding hydrogens is 765 g/mol. The van der Waals surface area contributed by atoms with E-state index in [-0.39, 0.29) is 23.7 Å². The number of carbonyl (C=O) groups excluding carboxylic acids is 1. The fraction of sp³-hybridized carbons (Fsp3) is 0.875. The number of allylic oxidation sites excluding steroid dienone is 5. The molecule has 1 saturated heterocycles. The van der Waals surface area contributed by atoms with Crippen molar-refractivity contribution in [2.75, 3.05) is 46.0 Å². The molecule has 6 nitrogen and oxygen atoms in total. The summed E-state index contributed by atoms with van der Waals surface area (Å²) in [6.07, 6.45) is 44.8. The van der Waals surface area contributed by atoms with Crippen LogP contribution >= 0.6 is 0 Å². The number of nitrogens with one attached hydrogen (secondary N) is 1. The Morgan fingerprint density at radius 2 is 1.56 bits per heavy atom. The van der Waals surface area contributed by atoms with Gasteiger partial charge in [-0.2, -0.15) is 0 Å². The first-order valence-corrected chi connectivity index (χ1v) is 27.0. The van der Waals surface area contributed by atoms with E-state index in [1.54, 1.807) is 5.57 Å². The average molecular weight is 863 g/mol. The Hall–Kier alpha value is -1.63. The maximum atomic E-state index is 13.1. The summed E-state index contributed by atoms with van der Waals surface area (Å²) in [5, 5.41) is 3.04. The second-order valence-electron chi connectivity index (χ2n) is 22.0. The van der Waals surface area contributed by atoms with E-state index in [4.69, 9.17) is 14.2 Å². The zero-order valence-electron chi connectivity index (χ0n) is 41.4. The summed E-state index contributed by atoms with van der Waals surface area (Å²) in [5.41, 5.74) is 2.37. The van der Waals surface area contributed by atoms with Crippen molar-refractivity contribution < 1.29 is 19.0 Å². The third kappa shape index (κ3) is 16.1. The molecule has 9 atom stereocenters. The molecular formula is C56H98N2O4. The molecule has 6 heteroatoms. The molecule has 1 N–H and O–H groups in total. The largest absolute Gasteiger partial charge is 0.446 e. The van der Waals surface area contributed by atoms with Crippen molar-refractivity contribution in [2.45, 2.75) is 221 Å². The Morgan fingerprint density at radius 1 is 0.823 bits per heavy atom. The molecule has 1 aliphatic heterocycles. The molecule has 62 heavy (non-hydrogen) atoms. The van der Waals surface area contributed by atoms with Gasteiger partial charge in [0.05, 0.1) is 19.3 Å². The maximum Gasteiger partial charge on any atom is 0.407 e. The molecule has 1 heterocycles. The Balaban J connectivity index is 0.949.